The van der Waals surface area contributed by atoms with E-state index in [0.29, 0.717) is 12.8 Å². The van der Waals surface area contributed by atoms with Gasteiger partial charge in [0.25, 0.3) is 0 Å². The molecule has 520 valence electrons. The number of ether oxygens (including phenoxy) is 6. The summed E-state index contributed by atoms with van der Waals surface area (Å²) in [6, 6.07) is -1.05. The third-order valence-corrected chi connectivity index (χ3v) is 17.0. The van der Waals surface area contributed by atoms with Crippen LogP contribution in [0.1, 0.15) is 226 Å². The Morgan fingerprint density at radius 2 is 0.778 bits per heavy atom. The molecule has 3 rings (SSSR count). The normalized spacial score (nSPS) is 28.6. The summed E-state index contributed by atoms with van der Waals surface area (Å²) in [6.45, 7) is 1.53. The maximum atomic E-state index is 13.3. The summed E-state index contributed by atoms with van der Waals surface area (Å²) < 4.78 is 34.2. The lowest BCUT2D eigenvalue weighted by atomic mass is 9.96. The molecule has 0 aliphatic carbocycles. The lowest BCUT2D eigenvalue weighted by molar-refractivity contribution is -0.379. The standard InChI is InChI=1S/C71H123NO18/c1-3-5-7-9-11-13-15-17-19-20-21-22-23-24-25-26-27-28-29-30-31-32-33-35-36-38-40-42-44-46-48-55(76)54(72-59(77)49-47-45-43-41-39-37-34-18-16-14-12-10-8-6-4-2)53-85-69-65(83)62(80)67(57(51-74)87-69)90-71-66(84)63(81)68(58(52-75)88-71)89-70-64(82)61(79)60(78)56(50-73)86-70/h6,8,12,14,18,34,38-41,45-48,54-58,60-71,73-76,78-84H,3-5,7,9-11,13,15-17,19-33,35-37,42-44,49-53H2,1-2H3,(H,72,77)/b8-6-,14-12-,34-18-,40-38+,41-39-,47-45-,48-46+. The molecular weight excluding hydrogens is 1150 g/mol. The maximum absolute atomic E-state index is 13.3. The van der Waals surface area contributed by atoms with Gasteiger partial charge in [0.1, 0.15) is 73.2 Å². The van der Waals surface area contributed by atoms with Crippen molar-refractivity contribution >= 4 is 5.91 Å². The van der Waals surface area contributed by atoms with Crippen LogP contribution in [0.3, 0.4) is 0 Å². The Labute approximate surface area is 540 Å². The minimum absolute atomic E-state index is 0.000691. The third-order valence-electron chi connectivity index (χ3n) is 17.0. The first-order valence-electron chi connectivity index (χ1n) is 34.8. The highest BCUT2D eigenvalue weighted by Gasteiger charge is 2.53. The zero-order valence-electron chi connectivity index (χ0n) is 54.8. The van der Waals surface area contributed by atoms with Crippen molar-refractivity contribution in [1.29, 1.82) is 0 Å². The zero-order chi connectivity index (χ0) is 65.4. The van der Waals surface area contributed by atoms with Crippen molar-refractivity contribution in [3.8, 4) is 0 Å². The number of aliphatic hydroxyl groups is 11. The molecule has 3 aliphatic heterocycles. The number of aliphatic hydroxyl groups excluding tert-OH is 11. The number of hydrogen-bond acceptors (Lipinski definition) is 18. The van der Waals surface area contributed by atoms with Crippen molar-refractivity contribution in [2.24, 2.45) is 0 Å². The average molecular weight is 1280 g/mol. The van der Waals surface area contributed by atoms with Gasteiger partial charge in [-0.25, -0.2) is 0 Å². The highest BCUT2D eigenvalue weighted by Crippen LogP contribution is 2.33. The van der Waals surface area contributed by atoms with E-state index in [4.69, 9.17) is 28.4 Å². The van der Waals surface area contributed by atoms with Gasteiger partial charge in [-0.1, -0.05) is 247 Å². The van der Waals surface area contributed by atoms with Crippen LogP contribution in [0.25, 0.3) is 0 Å². The summed E-state index contributed by atoms with van der Waals surface area (Å²) in [4.78, 5) is 13.3. The molecule has 12 N–H and O–H groups in total. The highest BCUT2D eigenvalue weighted by molar-refractivity contribution is 5.77. The Bertz CT molecular complexity index is 1960. The number of carbonyl (C=O) groups is 1. The van der Waals surface area contributed by atoms with Crippen molar-refractivity contribution < 1.29 is 89.4 Å². The lowest BCUT2D eigenvalue weighted by Crippen LogP contribution is -2.66. The molecule has 1 amide bonds. The molecule has 90 heavy (non-hydrogen) atoms. The fourth-order valence-corrected chi connectivity index (χ4v) is 11.3. The molecule has 17 atom stereocenters. The molecule has 3 fully saturated rings. The molecule has 19 heteroatoms. The van der Waals surface area contributed by atoms with Gasteiger partial charge < -0.3 is 89.9 Å². The molecule has 0 radical (unpaired) electrons. The van der Waals surface area contributed by atoms with Crippen LogP contribution in [0, 0.1) is 0 Å². The second-order valence-corrected chi connectivity index (χ2v) is 24.6. The van der Waals surface area contributed by atoms with Gasteiger partial charge in [-0.2, -0.15) is 0 Å². The largest absolute Gasteiger partial charge is 0.394 e. The third kappa shape index (κ3) is 33.9. The maximum Gasteiger partial charge on any atom is 0.224 e. The monoisotopic (exact) mass is 1280 g/mol. The van der Waals surface area contributed by atoms with Crippen LogP contribution in [0.4, 0.5) is 0 Å². The van der Waals surface area contributed by atoms with Gasteiger partial charge in [0.15, 0.2) is 18.9 Å². The lowest BCUT2D eigenvalue weighted by Gasteiger charge is -2.48. The molecule has 0 spiro atoms. The Morgan fingerprint density at radius 3 is 1.22 bits per heavy atom. The van der Waals surface area contributed by atoms with Crippen LogP contribution in [-0.4, -0.2) is 193 Å². The van der Waals surface area contributed by atoms with Gasteiger partial charge in [-0.15, -0.1) is 0 Å². The average Bonchev–Trinajstić information content (AvgIpc) is 0.866. The first kappa shape index (κ1) is 81.2. The first-order chi connectivity index (χ1) is 43.8. The summed E-state index contributed by atoms with van der Waals surface area (Å²) in [5.74, 6) is -0.414. The van der Waals surface area contributed by atoms with Crippen molar-refractivity contribution in [3.63, 3.8) is 0 Å². The van der Waals surface area contributed by atoms with E-state index in [2.05, 4.69) is 67.8 Å². The zero-order valence-corrected chi connectivity index (χ0v) is 54.8. The second-order valence-electron chi connectivity index (χ2n) is 24.6. The first-order valence-corrected chi connectivity index (χ1v) is 34.8. The van der Waals surface area contributed by atoms with Gasteiger partial charge >= 0.3 is 0 Å². The molecule has 0 aromatic rings. The van der Waals surface area contributed by atoms with Gasteiger partial charge in [0.05, 0.1) is 38.6 Å². The Balaban J connectivity index is 1.43. The summed E-state index contributed by atoms with van der Waals surface area (Å²) >= 11 is 0. The number of hydrogen-bond donors (Lipinski definition) is 12. The minimum atomic E-state index is -1.99. The van der Waals surface area contributed by atoms with Crippen LogP contribution in [-0.2, 0) is 33.2 Å². The molecule has 0 saturated carbocycles. The summed E-state index contributed by atoms with van der Waals surface area (Å²) in [6.07, 6.45) is 40.5. The van der Waals surface area contributed by atoms with Crippen LogP contribution >= 0.6 is 0 Å². The van der Waals surface area contributed by atoms with E-state index in [1.807, 2.05) is 24.3 Å². The second kappa shape index (κ2) is 52.3. The summed E-state index contributed by atoms with van der Waals surface area (Å²) in [7, 11) is 0. The fraction of sp³-hybridized carbons (Fsp3) is 0.789. The summed E-state index contributed by atoms with van der Waals surface area (Å²) in [5, 5.41) is 120. The predicted molar refractivity (Wildman–Crippen MR) is 351 cm³/mol. The van der Waals surface area contributed by atoms with Gasteiger partial charge in [0, 0.05) is 6.42 Å². The van der Waals surface area contributed by atoms with E-state index in [1.54, 1.807) is 12.2 Å². The Hall–Kier alpha value is -3.03. The van der Waals surface area contributed by atoms with E-state index in [9.17, 15) is 61.0 Å². The topological polar surface area (TPSA) is 307 Å². The van der Waals surface area contributed by atoms with E-state index in [0.717, 1.165) is 44.9 Å². The molecule has 3 heterocycles. The van der Waals surface area contributed by atoms with E-state index >= 15 is 0 Å². The number of rotatable bonds is 52. The molecule has 3 saturated heterocycles. The number of nitrogens with one attached hydrogen (secondary N) is 1. The number of unbranched alkanes of at least 4 members (excludes halogenated alkanes) is 25. The van der Waals surface area contributed by atoms with Crippen molar-refractivity contribution in [1.82, 2.24) is 5.32 Å². The Kier molecular flexibility index (Phi) is 47.2. The minimum Gasteiger partial charge on any atom is -0.394 e. The molecule has 0 aromatic carbocycles. The van der Waals surface area contributed by atoms with Crippen LogP contribution in [0.2, 0.25) is 0 Å². The fourth-order valence-electron chi connectivity index (χ4n) is 11.3. The number of carbonyl (C=O) groups excluding carboxylic acids is 1. The van der Waals surface area contributed by atoms with E-state index < -0.39 is 137 Å². The SMILES string of the molecule is CC/C=C\C/C=C\C/C=C\C/C=C\C/C=C\CC(=O)NC(COC1OC(CO)C(OC2OC(CO)C(OC3OC(CO)C(O)C(O)C3O)C(O)C2O)C(O)C1O)C(O)/C=C/CC/C=C/CCCCCCCCCCCCCCCCCCCCCCCCCC. The number of allylic oxidation sites excluding steroid dienone is 12. The van der Waals surface area contributed by atoms with Crippen molar-refractivity contribution in [2.45, 2.75) is 330 Å². The van der Waals surface area contributed by atoms with Gasteiger partial charge in [0.2, 0.25) is 5.91 Å². The quantitative estimate of drug-likeness (QED) is 0.0200. The predicted octanol–water partition coefficient (Wildman–Crippen LogP) is 9.10. The van der Waals surface area contributed by atoms with Gasteiger partial charge in [-0.3, -0.25) is 4.79 Å². The van der Waals surface area contributed by atoms with Gasteiger partial charge in [-0.05, 0) is 57.8 Å². The molecular formula is C71H123NO18. The number of amides is 1. The van der Waals surface area contributed by atoms with Crippen LogP contribution in [0.5, 0.6) is 0 Å². The Morgan fingerprint density at radius 1 is 0.411 bits per heavy atom. The molecule has 19 nitrogen and oxygen atoms in total. The molecule has 17 unspecified atom stereocenters. The van der Waals surface area contributed by atoms with Crippen LogP contribution in [0.15, 0.2) is 85.1 Å². The molecule has 0 aromatic heterocycles. The van der Waals surface area contributed by atoms with Crippen molar-refractivity contribution in [3.05, 3.63) is 85.1 Å². The summed E-state index contributed by atoms with van der Waals surface area (Å²) in [5.41, 5.74) is 0. The highest BCUT2D eigenvalue weighted by atomic mass is 16.8. The smallest absolute Gasteiger partial charge is 0.224 e. The van der Waals surface area contributed by atoms with Crippen LogP contribution < -0.4 is 5.32 Å². The molecule has 0 bridgehead atoms. The van der Waals surface area contributed by atoms with E-state index in [-0.39, 0.29) is 6.42 Å². The van der Waals surface area contributed by atoms with Crippen molar-refractivity contribution in [2.75, 3.05) is 26.4 Å². The van der Waals surface area contributed by atoms with E-state index in [1.165, 1.54) is 148 Å². The molecule has 3 aliphatic rings.